The van der Waals surface area contributed by atoms with E-state index in [2.05, 4.69) is 19.2 Å². The van der Waals surface area contributed by atoms with Gasteiger partial charge in [0, 0.05) is 12.5 Å². The number of amides is 1. The topological polar surface area (TPSA) is 38.3 Å². The van der Waals surface area contributed by atoms with Gasteiger partial charge < -0.3 is 10.1 Å². The third-order valence-corrected chi connectivity index (χ3v) is 8.89. The fraction of sp³-hybridized carbons (Fsp3) is 0.952. The van der Waals surface area contributed by atoms with Crippen LogP contribution in [0, 0.1) is 28.6 Å². The van der Waals surface area contributed by atoms with Crippen LogP contribution in [0.15, 0.2) is 0 Å². The van der Waals surface area contributed by atoms with Crippen LogP contribution in [0.5, 0.6) is 0 Å². The lowest BCUT2D eigenvalue weighted by molar-refractivity contribution is -0.141. The van der Waals surface area contributed by atoms with Gasteiger partial charge in [0.05, 0.1) is 12.2 Å². The van der Waals surface area contributed by atoms with E-state index in [1.165, 1.54) is 51.4 Å². The molecule has 0 spiro atoms. The van der Waals surface area contributed by atoms with Crippen LogP contribution in [0.2, 0.25) is 0 Å². The maximum atomic E-state index is 11.9. The molecule has 1 N–H and O–H groups in total. The van der Waals surface area contributed by atoms with Gasteiger partial charge in [-0.05, 0) is 86.4 Å². The zero-order valence-corrected chi connectivity index (χ0v) is 15.4. The van der Waals surface area contributed by atoms with Crippen molar-refractivity contribution in [2.24, 2.45) is 28.6 Å². The predicted octanol–water partition coefficient (Wildman–Crippen LogP) is 4.06. The number of hydrogen-bond acceptors (Lipinski definition) is 2. The lowest BCUT2D eigenvalue weighted by Gasteiger charge is -2.60. The molecule has 1 amide bonds. The molecule has 0 radical (unpaired) electrons. The predicted molar refractivity (Wildman–Crippen MR) is 93.4 cm³/mol. The maximum Gasteiger partial charge on any atom is 0.220 e. The molecule has 1 aliphatic heterocycles. The number of rotatable bonds is 2. The fourth-order valence-electron chi connectivity index (χ4n) is 7.31. The molecule has 0 aromatic carbocycles. The zero-order chi connectivity index (χ0) is 16.5. The van der Waals surface area contributed by atoms with Crippen LogP contribution in [0.1, 0.15) is 78.1 Å². The Kier molecular flexibility index (Phi) is 3.41. The van der Waals surface area contributed by atoms with Crippen LogP contribution in [-0.2, 0) is 9.53 Å². The van der Waals surface area contributed by atoms with Gasteiger partial charge in [-0.25, -0.2) is 0 Å². The summed E-state index contributed by atoms with van der Waals surface area (Å²) in [6, 6.07) is 0.435. The third-order valence-electron chi connectivity index (χ3n) is 8.89. The Labute approximate surface area is 146 Å². The standard InChI is InChI=1S/C21H33NO2/c1-20-12-10-19(23)22-17(20)7-5-14-15-6-8-18(24-13-3-4-13)21(15,2)11-9-16(14)20/h13-18H,3-12H2,1-2H3,(H,22,23)/t14-,15-,16-,17+,18-,20+,21-/m0/s1. The molecule has 3 heteroatoms. The van der Waals surface area contributed by atoms with Crippen LogP contribution in [-0.4, -0.2) is 24.2 Å². The monoisotopic (exact) mass is 331 g/mol. The molecular weight excluding hydrogens is 298 g/mol. The molecule has 134 valence electrons. The van der Waals surface area contributed by atoms with E-state index in [1.807, 2.05) is 0 Å². The van der Waals surface area contributed by atoms with Crippen LogP contribution >= 0.6 is 0 Å². The third kappa shape index (κ3) is 2.15. The summed E-state index contributed by atoms with van der Waals surface area (Å²) in [6.07, 6.45) is 13.4. The molecule has 5 rings (SSSR count). The molecule has 1 saturated heterocycles. The first-order chi connectivity index (χ1) is 11.5. The molecule has 4 aliphatic carbocycles. The molecule has 5 aliphatic rings. The Morgan fingerprint density at radius 3 is 2.50 bits per heavy atom. The van der Waals surface area contributed by atoms with E-state index < -0.39 is 0 Å². The van der Waals surface area contributed by atoms with Gasteiger partial charge in [-0.15, -0.1) is 0 Å². The molecule has 24 heavy (non-hydrogen) atoms. The van der Waals surface area contributed by atoms with Crippen molar-refractivity contribution in [3.05, 3.63) is 0 Å². The first-order valence-electron chi connectivity index (χ1n) is 10.5. The van der Waals surface area contributed by atoms with Gasteiger partial charge in [-0.1, -0.05) is 13.8 Å². The Balaban J connectivity index is 1.39. The van der Waals surface area contributed by atoms with Gasteiger partial charge in [0.2, 0.25) is 5.91 Å². The van der Waals surface area contributed by atoms with Gasteiger partial charge in [0.25, 0.3) is 0 Å². The van der Waals surface area contributed by atoms with Gasteiger partial charge in [-0.3, -0.25) is 4.79 Å². The second kappa shape index (κ2) is 5.22. The van der Waals surface area contributed by atoms with E-state index in [-0.39, 0.29) is 5.91 Å². The Hall–Kier alpha value is -0.570. The molecular formula is C21H33NO2. The summed E-state index contributed by atoms with van der Waals surface area (Å²) in [7, 11) is 0. The van der Waals surface area contributed by atoms with Crippen LogP contribution in [0.4, 0.5) is 0 Å². The van der Waals surface area contributed by atoms with Crippen molar-refractivity contribution >= 4 is 5.91 Å². The Bertz CT molecular complexity index is 544. The number of nitrogens with one attached hydrogen (secondary N) is 1. The summed E-state index contributed by atoms with van der Waals surface area (Å²) in [6.45, 7) is 5.04. The largest absolute Gasteiger partial charge is 0.374 e. The molecule has 5 fully saturated rings. The zero-order valence-electron chi connectivity index (χ0n) is 15.4. The Morgan fingerprint density at radius 1 is 0.917 bits per heavy atom. The molecule has 0 unspecified atom stereocenters. The van der Waals surface area contributed by atoms with E-state index in [9.17, 15) is 4.79 Å². The maximum absolute atomic E-state index is 11.9. The number of ether oxygens (including phenoxy) is 1. The second-order valence-corrected chi connectivity index (χ2v) is 10.0. The van der Waals surface area contributed by atoms with Gasteiger partial charge in [0.1, 0.15) is 0 Å². The average Bonchev–Trinajstić information content (AvgIpc) is 3.31. The van der Waals surface area contributed by atoms with Crippen molar-refractivity contribution in [1.29, 1.82) is 0 Å². The van der Waals surface area contributed by atoms with Crippen LogP contribution in [0.25, 0.3) is 0 Å². The van der Waals surface area contributed by atoms with Gasteiger partial charge >= 0.3 is 0 Å². The van der Waals surface area contributed by atoms with Gasteiger partial charge in [-0.2, -0.15) is 0 Å². The van der Waals surface area contributed by atoms with E-state index >= 15 is 0 Å². The van der Waals surface area contributed by atoms with Crippen molar-refractivity contribution in [3.8, 4) is 0 Å². The lowest BCUT2D eigenvalue weighted by Crippen LogP contribution is -2.61. The molecule has 0 bridgehead atoms. The van der Waals surface area contributed by atoms with Crippen molar-refractivity contribution in [3.63, 3.8) is 0 Å². The summed E-state index contributed by atoms with van der Waals surface area (Å²) < 4.78 is 6.46. The highest BCUT2D eigenvalue weighted by molar-refractivity contribution is 5.77. The minimum absolute atomic E-state index is 0.287. The van der Waals surface area contributed by atoms with Crippen molar-refractivity contribution in [2.75, 3.05) is 0 Å². The van der Waals surface area contributed by atoms with E-state index in [0.717, 1.165) is 30.6 Å². The highest BCUT2D eigenvalue weighted by Gasteiger charge is 2.61. The van der Waals surface area contributed by atoms with Crippen molar-refractivity contribution in [2.45, 2.75) is 96.3 Å². The number of fused-ring (bicyclic) bond motifs is 5. The molecule has 0 aromatic rings. The SMILES string of the molecule is C[C@]12CCC(=O)N[C@@H]1CC[C@@H]1[C@@H]2CC[C@]2(C)[C@@H](OC3CC3)CC[C@@H]12. The summed E-state index contributed by atoms with van der Waals surface area (Å²) in [4.78, 5) is 11.9. The normalized spacial score (nSPS) is 53.8. The van der Waals surface area contributed by atoms with Gasteiger partial charge in [0.15, 0.2) is 0 Å². The quantitative estimate of drug-likeness (QED) is 0.829. The van der Waals surface area contributed by atoms with Crippen LogP contribution in [0.3, 0.4) is 0 Å². The number of carbonyl (C=O) groups excluding carboxylic acids is 1. The molecule has 7 atom stereocenters. The summed E-state index contributed by atoms with van der Waals surface area (Å²) in [5.74, 6) is 2.83. The first kappa shape index (κ1) is 15.7. The van der Waals surface area contributed by atoms with Crippen molar-refractivity contribution in [1.82, 2.24) is 5.32 Å². The first-order valence-corrected chi connectivity index (χ1v) is 10.5. The molecule has 0 aromatic heterocycles. The fourth-order valence-corrected chi connectivity index (χ4v) is 7.31. The van der Waals surface area contributed by atoms with Crippen molar-refractivity contribution < 1.29 is 9.53 Å². The minimum Gasteiger partial charge on any atom is -0.374 e. The average molecular weight is 332 g/mol. The van der Waals surface area contributed by atoms with E-state index in [1.54, 1.807) is 0 Å². The molecule has 1 heterocycles. The Morgan fingerprint density at radius 2 is 1.71 bits per heavy atom. The summed E-state index contributed by atoms with van der Waals surface area (Å²) >= 11 is 0. The number of hydrogen-bond donors (Lipinski definition) is 1. The second-order valence-electron chi connectivity index (χ2n) is 10.0. The van der Waals surface area contributed by atoms with Crippen LogP contribution < -0.4 is 5.32 Å². The molecule has 3 nitrogen and oxygen atoms in total. The van der Waals surface area contributed by atoms with E-state index in [0.29, 0.717) is 29.1 Å². The summed E-state index contributed by atoms with van der Waals surface area (Å²) in [5.41, 5.74) is 0.762. The number of carbonyl (C=O) groups is 1. The smallest absolute Gasteiger partial charge is 0.220 e. The minimum atomic E-state index is 0.287. The molecule has 4 saturated carbocycles. The number of piperidine rings is 1. The summed E-state index contributed by atoms with van der Waals surface area (Å²) in [5, 5.41) is 3.34. The highest BCUT2D eigenvalue weighted by atomic mass is 16.5. The van der Waals surface area contributed by atoms with E-state index in [4.69, 9.17) is 4.74 Å². The lowest BCUT2D eigenvalue weighted by atomic mass is 9.47. The highest BCUT2D eigenvalue weighted by Crippen LogP contribution is 2.64.